The molecule has 0 radical (unpaired) electrons. The van der Waals surface area contributed by atoms with E-state index in [1.807, 2.05) is 37.3 Å². The fourth-order valence-corrected chi connectivity index (χ4v) is 3.19. The van der Waals surface area contributed by atoms with Crippen LogP contribution in [0.3, 0.4) is 0 Å². The first-order valence-corrected chi connectivity index (χ1v) is 8.66. The van der Waals surface area contributed by atoms with Crippen molar-refractivity contribution in [2.24, 2.45) is 0 Å². The minimum Gasteiger partial charge on any atom is -0.457 e. The summed E-state index contributed by atoms with van der Waals surface area (Å²) in [5, 5.41) is 10.3. The first kappa shape index (κ1) is 17.5. The zero-order valence-corrected chi connectivity index (χ0v) is 15.0. The number of fused-ring (bicyclic) bond motifs is 1. The van der Waals surface area contributed by atoms with E-state index in [4.69, 9.17) is 4.42 Å². The summed E-state index contributed by atoms with van der Waals surface area (Å²) in [7, 11) is 0. The van der Waals surface area contributed by atoms with Crippen molar-refractivity contribution >= 4 is 22.8 Å². The summed E-state index contributed by atoms with van der Waals surface area (Å²) in [6.07, 6.45) is 1.43. The third-order valence-corrected chi connectivity index (χ3v) is 4.53. The summed E-state index contributed by atoms with van der Waals surface area (Å²) < 4.78 is 18.8. The number of aryl methyl sites for hydroxylation is 1. The first-order chi connectivity index (χ1) is 13.6. The van der Waals surface area contributed by atoms with Crippen molar-refractivity contribution < 1.29 is 13.6 Å². The van der Waals surface area contributed by atoms with Crippen molar-refractivity contribution in [1.29, 1.82) is 5.26 Å². The van der Waals surface area contributed by atoms with Crippen molar-refractivity contribution in [3.05, 3.63) is 89.1 Å². The number of para-hydroxylation sites is 1. The summed E-state index contributed by atoms with van der Waals surface area (Å²) in [5.74, 6) is 0.208. The molecule has 0 saturated carbocycles. The number of ketones is 1. The maximum atomic E-state index is 13.1. The Balaban J connectivity index is 1.70. The van der Waals surface area contributed by atoms with Crippen LogP contribution in [0.5, 0.6) is 0 Å². The number of H-pyrrole nitrogens is 1. The van der Waals surface area contributed by atoms with Gasteiger partial charge in [-0.3, -0.25) is 4.79 Å². The number of aromatic amines is 1. The van der Waals surface area contributed by atoms with Gasteiger partial charge in [-0.25, -0.2) is 4.39 Å². The maximum absolute atomic E-state index is 13.1. The van der Waals surface area contributed by atoms with Gasteiger partial charge in [0.25, 0.3) is 0 Å². The van der Waals surface area contributed by atoms with Gasteiger partial charge < -0.3 is 9.40 Å². The molecule has 0 aliphatic heterocycles. The highest BCUT2D eigenvalue weighted by molar-refractivity contribution is 6.20. The number of furan rings is 1. The van der Waals surface area contributed by atoms with Gasteiger partial charge in [0.05, 0.1) is 5.56 Å². The number of carbonyl (C=O) groups excluding carboxylic acids is 1. The highest BCUT2D eigenvalue weighted by Gasteiger charge is 2.20. The highest BCUT2D eigenvalue weighted by atomic mass is 19.1. The largest absolute Gasteiger partial charge is 0.457 e. The Bertz CT molecular complexity index is 1250. The molecular weight excluding hydrogens is 355 g/mol. The normalized spacial score (nSPS) is 11.5. The summed E-state index contributed by atoms with van der Waals surface area (Å²) in [4.78, 5) is 16.2. The second-order valence-electron chi connectivity index (χ2n) is 6.38. The van der Waals surface area contributed by atoms with E-state index in [9.17, 15) is 14.4 Å². The van der Waals surface area contributed by atoms with E-state index in [2.05, 4.69) is 4.98 Å². The molecule has 2 aromatic carbocycles. The smallest absolute Gasteiger partial charge is 0.206 e. The standard InChI is InChI=1S/C23H15FN2O2/c1-14-22(19-4-2-3-5-20(19)26-14)23(27)16(13-25)12-18-10-11-21(28-18)15-6-8-17(24)9-7-15/h2-12,26H,1H3/b16-12+. The molecule has 0 fully saturated rings. The molecule has 1 N–H and O–H groups in total. The van der Waals surface area contributed by atoms with E-state index < -0.39 is 0 Å². The molecule has 0 aliphatic rings. The molecule has 4 aromatic rings. The molecule has 28 heavy (non-hydrogen) atoms. The van der Waals surface area contributed by atoms with E-state index in [1.54, 1.807) is 24.3 Å². The van der Waals surface area contributed by atoms with Crippen LogP contribution >= 0.6 is 0 Å². The fraction of sp³-hybridized carbons (Fsp3) is 0.0435. The third kappa shape index (κ3) is 3.12. The number of nitrogens with one attached hydrogen (secondary N) is 1. The average molecular weight is 370 g/mol. The van der Waals surface area contributed by atoms with Crippen molar-refractivity contribution in [2.45, 2.75) is 6.92 Å². The van der Waals surface area contributed by atoms with Gasteiger partial charge in [-0.2, -0.15) is 5.26 Å². The Morgan fingerprint density at radius 2 is 1.86 bits per heavy atom. The summed E-state index contributed by atoms with van der Waals surface area (Å²) in [6.45, 7) is 1.81. The number of halogens is 1. The lowest BCUT2D eigenvalue weighted by Gasteiger charge is -2.00. The number of nitriles is 1. The van der Waals surface area contributed by atoms with Gasteiger partial charge in [0.1, 0.15) is 29.0 Å². The van der Waals surface area contributed by atoms with Crippen LogP contribution in [0, 0.1) is 24.1 Å². The number of rotatable bonds is 4. The zero-order chi connectivity index (χ0) is 19.7. The van der Waals surface area contributed by atoms with E-state index in [-0.39, 0.29) is 17.2 Å². The van der Waals surface area contributed by atoms with Crippen molar-refractivity contribution in [1.82, 2.24) is 4.98 Å². The van der Waals surface area contributed by atoms with Crippen LogP contribution in [0.2, 0.25) is 0 Å². The number of hydrogen-bond acceptors (Lipinski definition) is 3. The Morgan fingerprint density at radius 3 is 2.61 bits per heavy atom. The van der Waals surface area contributed by atoms with E-state index >= 15 is 0 Å². The number of aromatic nitrogens is 1. The van der Waals surface area contributed by atoms with Gasteiger partial charge in [-0.05, 0) is 49.4 Å². The minimum absolute atomic E-state index is 0.0205. The number of allylic oxidation sites excluding steroid dienone is 1. The van der Waals surface area contributed by atoms with E-state index in [1.165, 1.54) is 18.2 Å². The van der Waals surface area contributed by atoms with Gasteiger partial charge in [-0.15, -0.1) is 0 Å². The number of carbonyl (C=O) groups is 1. The van der Waals surface area contributed by atoms with Crippen molar-refractivity contribution in [3.8, 4) is 17.4 Å². The maximum Gasteiger partial charge on any atom is 0.206 e. The predicted molar refractivity (Wildman–Crippen MR) is 105 cm³/mol. The van der Waals surface area contributed by atoms with Crippen molar-refractivity contribution in [2.75, 3.05) is 0 Å². The number of benzene rings is 2. The molecule has 0 amide bonds. The van der Waals surface area contributed by atoms with Crippen LogP contribution in [0.15, 0.2) is 70.7 Å². The predicted octanol–water partition coefficient (Wildman–Crippen LogP) is 5.67. The topological polar surface area (TPSA) is 69.8 Å². The average Bonchev–Trinajstić information content (AvgIpc) is 3.29. The van der Waals surface area contributed by atoms with Gasteiger partial charge in [0, 0.05) is 28.2 Å². The molecule has 5 heteroatoms. The molecule has 0 bridgehead atoms. The molecule has 2 aromatic heterocycles. The SMILES string of the molecule is Cc1[nH]c2ccccc2c1C(=O)/C(C#N)=C/c1ccc(-c2ccc(F)cc2)o1. The molecule has 4 nitrogen and oxygen atoms in total. The molecular formula is C23H15FN2O2. The Kier molecular flexibility index (Phi) is 4.38. The second kappa shape index (κ2) is 7.01. The lowest BCUT2D eigenvalue weighted by atomic mass is 10.0. The zero-order valence-electron chi connectivity index (χ0n) is 15.0. The fourth-order valence-electron chi connectivity index (χ4n) is 3.19. The lowest BCUT2D eigenvalue weighted by molar-refractivity contribution is 0.104. The molecule has 0 spiro atoms. The Morgan fingerprint density at radius 1 is 1.11 bits per heavy atom. The number of Topliss-reactive ketones (excluding diaryl/α,β-unsaturated/α-hetero) is 1. The highest BCUT2D eigenvalue weighted by Crippen LogP contribution is 2.27. The lowest BCUT2D eigenvalue weighted by Crippen LogP contribution is -2.03. The molecule has 2 heterocycles. The Labute approximate surface area is 160 Å². The third-order valence-electron chi connectivity index (χ3n) is 4.53. The summed E-state index contributed by atoms with van der Waals surface area (Å²) >= 11 is 0. The van der Waals surface area contributed by atoms with E-state index in [0.717, 1.165) is 10.9 Å². The molecule has 0 saturated heterocycles. The monoisotopic (exact) mass is 370 g/mol. The molecule has 0 unspecified atom stereocenters. The van der Waals surface area contributed by atoms with Crippen LogP contribution in [-0.4, -0.2) is 10.8 Å². The summed E-state index contributed by atoms with van der Waals surface area (Å²) in [5.41, 5.74) is 2.72. The molecule has 0 aliphatic carbocycles. The number of nitrogens with zero attached hydrogens (tertiary/aromatic N) is 1. The molecule has 4 rings (SSSR count). The quantitative estimate of drug-likeness (QED) is 0.286. The van der Waals surface area contributed by atoms with Crippen LogP contribution in [-0.2, 0) is 0 Å². The van der Waals surface area contributed by atoms with Gasteiger partial charge >= 0.3 is 0 Å². The minimum atomic E-state index is -0.364. The van der Waals surface area contributed by atoms with Gasteiger partial charge in [0.2, 0.25) is 5.78 Å². The van der Waals surface area contributed by atoms with Gasteiger partial charge in [0.15, 0.2) is 0 Å². The van der Waals surface area contributed by atoms with Crippen LogP contribution in [0.1, 0.15) is 21.8 Å². The van der Waals surface area contributed by atoms with Crippen LogP contribution in [0.4, 0.5) is 4.39 Å². The molecule has 0 atom stereocenters. The Hall–Kier alpha value is -3.91. The van der Waals surface area contributed by atoms with E-state index in [0.29, 0.717) is 28.3 Å². The summed E-state index contributed by atoms with van der Waals surface area (Å²) in [6, 6.07) is 18.7. The number of hydrogen-bond donors (Lipinski definition) is 1. The van der Waals surface area contributed by atoms with Crippen LogP contribution < -0.4 is 0 Å². The van der Waals surface area contributed by atoms with Gasteiger partial charge in [-0.1, -0.05) is 18.2 Å². The van der Waals surface area contributed by atoms with Crippen molar-refractivity contribution in [3.63, 3.8) is 0 Å². The second-order valence-corrected chi connectivity index (χ2v) is 6.38. The first-order valence-electron chi connectivity index (χ1n) is 8.66. The van der Waals surface area contributed by atoms with Crippen LogP contribution in [0.25, 0.3) is 28.3 Å². The molecule has 136 valence electrons.